The van der Waals surface area contributed by atoms with Crippen molar-refractivity contribution >= 4 is 5.91 Å². The Bertz CT molecular complexity index is 394. The van der Waals surface area contributed by atoms with Crippen LogP contribution >= 0.6 is 0 Å². The second-order valence-electron chi connectivity index (χ2n) is 4.73. The lowest BCUT2D eigenvalue weighted by molar-refractivity contribution is -0.133. The van der Waals surface area contributed by atoms with E-state index >= 15 is 0 Å². The van der Waals surface area contributed by atoms with E-state index < -0.39 is 0 Å². The number of hydrogen-bond acceptors (Lipinski definition) is 3. The number of aromatic amines is 1. The number of likely N-dealkylation sites (tertiary alicyclic amines) is 1. The van der Waals surface area contributed by atoms with Gasteiger partial charge in [-0.3, -0.25) is 9.89 Å². The number of β-amino-alcohol motifs (C(OH)–C–C–N with tert-alkyl or cyclic N) is 1. The first-order valence-electron chi connectivity index (χ1n) is 6.04. The van der Waals surface area contributed by atoms with Crippen molar-refractivity contribution < 1.29 is 9.90 Å². The minimum atomic E-state index is -0.362. The van der Waals surface area contributed by atoms with Crippen LogP contribution in [0.2, 0.25) is 0 Å². The summed E-state index contributed by atoms with van der Waals surface area (Å²) >= 11 is 0. The van der Waals surface area contributed by atoms with Gasteiger partial charge in [-0.05, 0) is 26.7 Å². The van der Waals surface area contributed by atoms with Crippen molar-refractivity contribution in [2.75, 3.05) is 13.1 Å². The normalized spacial score (nSPS) is 20.6. The minimum Gasteiger partial charge on any atom is -0.391 e. The Kier molecular flexibility index (Phi) is 3.47. The fourth-order valence-corrected chi connectivity index (χ4v) is 2.28. The highest BCUT2D eigenvalue weighted by Crippen LogP contribution is 2.15. The molecule has 2 heterocycles. The Labute approximate surface area is 101 Å². The van der Waals surface area contributed by atoms with E-state index in [1.165, 1.54) is 0 Å². The molecule has 0 spiro atoms. The summed E-state index contributed by atoms with van der Waals surface area (Å²) in [6, 6.07) is 0. The van der Waals surface area contributed by atoms with Gasteiger partial charge in [0.15, 0.2) is 0 Å². The first-order chi connectivity index (χ1) is 8.08. The molecule has 1 aromatic rings. The summed E-state index contributed by atoms with van der Waals surface area (Å²) in [4.78, 5) is 13.8. The Morgan fingerprint density at radius 2 is 2.35 bits per heavy atom. The van der Waals surface area contributed by atoms with Crippen LogP contribution in [0.15, 0.2) is 0 Å². The van der Waals surface area contributed by atoms with Crippen molar-refractivity contribution in [3.05, 3.63) is 17.0 Å². The summed E-state index contributed by atoms with van der Waals surface area (Å²) in [5.74, 6) is 0.0800. The molecule has 0 radical (unpaired) electrons. The average molecular weight is 237 g/mol. The van der Waals surface area contributed by atoms with Crippen LogP contribution < -0.4 is 0 Å². The number of aliphatic hydroxyl groups excluding tert-OH is 1. The summed E-state index contributed by atoms with van der Waals surface area (Å²) in [7, 11) is 0. The zero-order chi connectivity index (χ0) is 12.4. The fraction of sp³-hybridized carbons (Fsp3) is 0.667. The van der Waals surface area contributed by atoms with Crippen LogP contribution in [0, 0.1) is 13.8 Å². The van der Waals surface area contributed by atoms with Crippen molar-refractivity contribution in [3.63, 3.8) is 0 Å². The van der Waals surface area contributed by atoms with Gasteiger partial charge < -0.3 is 10.0 Å². The first kappa shape index (κ1) is 12.1. The molecule has 1 aliphatic rings. The highest BCUT2D eigenvalue weighted by Gasteiger charge is 2.23. The summed E-state index contributed by atoms with van der Waals surface area (Å²) in [5, 5.41) is 16.5. The van der Waals surface area contributed by atoms with Crippen molar-refractivity contribution in [3.8, 4) is 0 Å². The van der Waals surface area contributed by atoms with Gasteiger partial charge in [-0.25, -0.2) is 0 Å². The van der Waals surface area contributed by atoms with E-state index in [-0.39, 0.29) is 12.0 Å². The van der Waals surface area contributed by atoms with Gasteiger partial charge >= 0.3 is 0 Å². The number of rotatable bonds is 2. The molecule has 1 aromatic heterocycles. The topological polar surface area (TPSA) is 69.2 Å². The predicted molar refractivity (Wildman–Crippen MR) is 63.6 cm³/mol. The summed E-state index contributed by atoms with van der Waals surface area (Å²) < 4.78 is 0. The Balaban J connectivity index is 2.01. The first-order valence-corrected chi connectivity index (χ1v) is 6.04. The zero-order valence-corrected chi connectivity index (χ0v) is 10.4. The molecule has 1 unspecified atom stereocenters. The van der Waals surface area contributed by atoms with Crippen LogP contribution in [0.4, 0.5) is 0 Å². The molecular formula is C12H19N3O2. The number of carbonyl (C=O) groups is 1. The molecule has 5 heteroatoms. The third-order valence-corrected chi connectivity index (χ3v) is 3.36. The molecule has 0 saturated carbocycles. The highest BCUT2D eigenvalue weighted by molar-refractivity contribution is 5.79. The van der Waals surface area contributed by atoms with Gasteiger partial charge in [0.1, 0.15) is 0 Å². The zero-order valence-electron chi connectivity index (χ0n) is 10.4. The van der Waals surface area contributed by atoms with E-state index in [9.17, 15) is 9.90 Å². The molecule has 0 bridgehead atoms. The molecule has 2 rings (SSSR count). The van der Waals surface area contributed by atoms with Gasteiger partial charge in [-0.15, -0.1) is 0 Å². The second-order valence-corrected chi connectivity index (χ2v) is 4.73. The number of piperidine rings is 1. The lowest BCUT2D eigenvalue weighted by Gasteiger charge is -2.30. The Morgan fingerprint density at radius 1 is 1.59 bits per heavy atom. The molecule has 1 atom stereocenters. The van der Waals surface area contributed by atoms with Gasteiger partial charge in [0, 0.05) is 24.3 Å². The maximum atomic E-state index is 12.1. The molecule has 1 amide bonds. The van der Waals surface area contributed by atoms with Gasteiger partial charge in [-0.2, -0.15) is 5.10 Å². The molecular weight excluding hydrogens is 218 g/mol. The third-order valence-electron chi connectivity index (χ3n) is 3.36. The summed E-state index contributed by atoms with van der Waals surface area (Å²) in [5.41, 5.74) is 2.82. The summed E-state index contributed by atoms with van der Waals surface area (Å²) in [6.45, 7) is 5.05. The SMILES string of the molecule is Cc1n[nH]c(C)c1CC(=O)N1CCCC(O)C1. The number of amides is 1. The smallest absolute Gasteiger partial charge is 0.227 e. The van der Waals surface area contributed by atoms with Gasteiger partial charge in [-0.1, -0.05) is 0 Å². The highest BCUT2D eigenvalue weighted by atomic mass is 16.3. The quantitative estimate of drug-likeness (QED) is 0.789. The van der Waals surface area contributed by atoms with Crippen molar-refractivity contribution in [2.45, 2.75) is 39.2 Å². The predicted octanol–water partition coefficient (Wildman–Crippen LogP) is 0.552. The number of nitrogens with one attached hydrogen (secondary N) is 1. The van der Waals surface area contributed by atoms with E-state index in [2.05, 4.69) is 10.2 Å². The maximum Gasteiger partial charge on any atom is 0.227 e. The van der Waals surface area contributed by atoms with E-state index in [1.807, 2.05) is 13.8 Å². The van der Waals surface area contributed by atoms with Crippen LogP contribution in [0.1, 0.15) is 29.8 Å². The standard InChI is InChI=1S/C12H19N3O2/c1-8-11(9(2)14-13-8)6-12(17)15-5-3-4-10(16)7-15/h10,16H,3-7H2,1-2H3,(H,13,14). The molecule has 1 aliphatic heterocycles. The van der Waals surface area contributed by atoms with Crippen molar-refractivity contribution in [1.82, 2.24) is 15.1 Å². The van der Waals surface area contributed by atoms with Crippen LogP contribution in [-0.4, -0.2) is 45.3 Å². The van der Waals surface area contributed by atoms with Crippen LogP contribution in [0.3, 0.4) is 0 Å². The van der Waals surface area contributed by atoms with E-state index in [1.54, 1.807) is 4.90 Å². The van der Waals surface area contributed by atoms with Crippen LogP contribution in [-0.2, 0) is 11.2 Å². The van der Waals surface area contributed by atoms with Gasteiger partial charge in [0.05, 0.1) is 18.2 Å². The van der Waals surface area contributed by atoms with Crippen LogP contribution in [0.5, 0.6) is 0 Å². The van der Waals surface area contributed by atoms with Gasteiger partial charge in [0.25, 0.3) is 0 Å². The number of nitrogens with zero attached hydrogens (tertiary/aromatic N) is 2. The molecule has 1 saturated heterocycles. The molecule has 0 aromatic carbocycles. The van der Waals surface area contributed by atoms with E-state index in [4.69, 9.17) is 0 Å². The number of carbonyl (C=O) groups excluding carboxylic acids is 1. The summed E-state index contributed by atoms with van der Waals surface area (Å²) in [6.07, 6.45) is 1.70. The molecule has 5 nitrogen and oxygen atoms in total. The largest absolute Gasteiger partial charge is 0.391 e. The van der Waals surface area contributed by atoms with Crippen molar-refractivity contribution in [1.29, 1.82) is 0 Å². The minimum absolute atomic E-state index is 0.0800. The third kappa shape index (κ3) is 2.66. The molecule has 17 heavy (non-hydrogen) atoms. The Morgan fingerprint density at radius 3 is 2.94 bits per heavy atom. The Hall–Kier alpha value is -1.36. The maximum absolute atomic E-state index is 12.1. The molecule has 1 fully saturated rings. The molecule has 0 aliphatic carbocycles. The van der Waals surface area contributed by atoms with Crippen molar-refractivity contribution in [2.24, 2.45) is 0 Å². The number of hydrogen-bond donors (Lipinski definition) is 2. The number of H-pyrrole nitrogens is 1. The lowest BCUT2D eigenvalue weighted by atomic mass is 10.1. The second kappa shape index (κ2) is 4.87. The number of aromatic nitrogens is 2. The van der Waals surface area contributed by atoms with Crippen LogP contribution in [0.25, 0.3) is 0 Å². The van der Waals surface area contributed by atoms with E-state index in [0.717, 1.165) is 36.3 Å². The number of aliphatic hydroxyl groups is 1. The van der Waals surface area contributed by atoms with Gasteiger partial charge in [0.2, 0.25) is 5.91 Å². The lowest BCUT2D eigenvalue weighted by Crippen LogP contribution is -2.42. The molecule has 94 valence electrons. The van der Waals surface area contributed by atoms with E-state index in [0.29, 0.717) is 13.0 Å². The average Bonchev–Trinajstić information content (AvgIpc) is 2.61. The monoisotopic (exact) mass is 237 g/mol. The fourth-order valence-electron chi connectivity index (χ4n) is 2.28. The molecule has 2 N–H and O–H groups in total. The number of aryl methyl sites for hydroxylation is 2.